The molecule has 0 bridgehead atoms. The quantitative estimate of drug-likeness (QED) is 0.621. The molecule has 8 nitrogen and oxygen atoms in total. The van der Waals surface area contributed by atoms with Gasteiger partial charge < -0.3 is 10.2 Å². The molecule has 1 aliphatic heterocycles. The number of nitrogens with zero attached hydrogens (tertiary/aromatic N) is 2. The molecule has 0 unspecified atom stereocenters. The largest absolute Gasteiger partial charge is 0.352 e. The molecule has 2 fully saturated rings. The van der Waals surface area contributed by atoms with Crippen molar-refractivity contribution >= 4 is 39.1 Å². The van der Waals surface area contributed by atoms with E-state index in [0.29, 0.717) is 60.6 Å². The van der Waals surface area contributed by atoms with Crippen molar-refractivity contribution in [1.82, 2.24) is 15.1 Å². The van der Waals surface area contributed by atoms with Crippen molar-refractivity contribution < 1.29 is 18.0 Å². The van der Waals surface area contributed by atoms with Crippen LogP contribution in [0.1, 0.15) is 28.8 Å². The molecule has 1 aliphatic carbocycles. The molecule has 0 aromatic heterocycles. The summed E-state index contributed by atoms with van der Waals surface area (Å²) in [7, 11) is -3.91. The predicted octanol–water partition coefficient (Wildman–Crippen LogP) is 2.49. The number of halogens is 1. The van der Waals surface area contributed by atoms with E-state index < -0.39 is 10.0 Å². The standard InChI is InChI=1S/C23H27ClN4O4S/c1-16-5-6-17(13-21(16)33(31,32)26-20-4-2-3-18(24)14-20)23(30)28-11-9-27(10-12-28)15-22(29)25-19-7-8-19/h2-6,13-14,19,26H,7-12,15H2,1H3,(H,25,29). The van der Waals surface area contributed by atoms with Crippen LogP contribution in [0.25, 0.3) is 0 Å². The van der Waals surface area contributed by atoms with Gasteiger partial charge in [0.15, 0.2) is 0 Å². The minimum absolute atomic E-state index is 0.0258. The number of hydrogen-bond donors (Lipinski definition) is 2. The molecule has 2 N–H and O–H groups in total. The molecule has 176 valence electrons. The number of anilines is 1. The highest BCUT2D eigenvalue weighted by atomic mass is 35.5. The number of sulfonamides is 1. The fourth-order valence-electron chi connectivity index (χ4n) is 3.78. The van der Waals surface area contributed by atoms with Crippen molar-refractivity contribution in [2.45, 2.75) is 30.7 Å². The maximum atomic E-state index is 13.1. The first kappa shape index (κ1) is 23.5. The fourth-order valence-corrected chi connectivity index (χ4v) is 5.29. The number of carbonyl (C=O) groups excluding carboxylic acids is 2. The molecular formula is C23H27ClN4O4S. The predicted molar refractivity (Wildman–Crippen MR) is 127 cm³/mol. The maximum Gasteiger partial charge on any atom is 0.262 e. The van der Waals surface area contributed by atoms with Crippen LogP contribution in [-0.2, 0) is 14.8 Å². The van der Waals surface area contributed by atoms with Crippen LogP contribution in [0.3, 0.4) is 0 Å². The van der Waals surface area contributed by atoms with Crippen LogP contribution in [0.5, 0.6) is 0 Å². The summed E-state index contributed by atoms with van der Waals surface area (Å²) < 4.78 is 28.5. The third kappa shape index (κ3) is 6.04. The maximum absolute atomic E-state index is 13.1. The van der Waals surface area contributed by atoms with Gasteiger partial charge in [0, 0.05) is 42.8 Å². The third-order valence-corrected chi connectivity index (χ3v) is 7.53. The van der Waals surface area contributed by atoms with Crippen LogP contribution in [0.2, 0.25) is 5.02 Å². The Morgan fingerprint density at radius 3 is 2.45 bits per heavy atom. The summed E-state index contributed by atoms with van der Waals surface area (Å²) in [5, 5.41) is 3.39. The van der Waals surface area contributed by atoms with E-state index in [1.54, 1.807) is 42.2 Å². The molecule has 10 heteroatoms. The first-order valence-electron chi connectivity index (χ1n) is 10.9. The average Bonchev–Trinajstić information content (AvgIpc) is 3.57. The third-order valence-electron chi connectivity index (χ3n) is 5.77. The molecule has 4 rings (SSSR count). The summed E-state index contributed by atoms with van der Waals surface area (Å²) >= 11 is 5.96. The topological polar surface area (TPSA) is 98.8 Å². The van der Waals surface area contributed by atoms with Crippen LogP contribution < -0.4 is 10.0 Å². The summed E-state index contributed by atoms with van der Waals surface area (Å²) in [6, 6.07) is 11.5. The molecule has 0 atom stereocenters. The number of amides is 2. The Labute approximate surface area is 198 Å². The number of nitrogens with one attached hydrogen (secondary N) is 2. The minimum Gasteiger partial charge on any atom is -0.352 e. The average molecular weight is 491 g/mol. The highest BCUT2D eigenvalue weighted by Crippen LogP contribution is 2.23. The SMILES string of the molecule is Cc1ccc(C(=O)N2CCN(CC(=O)NC3CC3)CC2)cc1S(=O)(=O)Nc1cccc(Cl)c1. The summed E-state index contributed by atoms with van der Waals surface area (Å²) in [5.41, 5.74) is 1.19. The van der Waals surface area contributed by atoms with Crippen molar-refractivity contribution in [3.05, 3.63) is 58.6 Å². The molecule has 1 saturated heterocycles. The van der Waals surface area contributed by atoms with Crippen molar-refractivity contribution in [3.63, 3.8) is 0 Å². The summed E-state index contributed by atoms with van der Waals surface area (Å²) in [6.45, 7) is 4.17. The van der Waals surface area contributed by atoms with Gasteiger partial charge >= 0.3 is 0 Å². The molecule has 1 saturated carbocycles. The second-order valence-corrected chi connectivity index (χ2v) is 10.6. The zero-order chi connectivity index (χ0) is 23.6. The van der Waals surface area contributed by atoms with E-state index in [0.717, 1.165) is 12.8 Å². The smallest absolute Gasteiger partial charge is 0.262 e. The van der Waals surface area contributed by atoms with Crippen LogP contribution >= 0.6 is 11.6 Å². The van der Waals surface area contributed by atoms with E-state index in [2.05, 4.69) is 10.0 Å². The van der Waals surface area contributed by atoms with Gasteiger partial charge in [-0.2, -0.15) is 0 Å². The second-order valence-electron chi connectivity index (χ2n) is 8.51. The lowest BCUT2D eigenvalue weighted by Gasteiger charge is -2.34. The summed E-state index contributed by atoms with van der Waals surface area (Å²) in [6.07, 6.45) is 2.10. The number of benzene rings is 2. The Hall–Kier alpha value is -2.62. The molecule has 0 radical (unpaired) electrons. The van der Waals surface area contributed by atoms with Gasteiger partial charge in [0.2, 0.25) is 5.91 Å². The van der Waals surface area contributed by atoms with Gasteiger partial charge in [0.05, 0.1) is 17.1 Å². The lowest BCUT2D eigenvalue weighted by Crippen LogP contribution is -2.51. The lowest BCUT2D eigenvalue weighted by molar-refractivity contribution is -0.122. The first-order chi connectivity index (χ1) is 15.7. The lowest BCUT2D eigenvalue weighted by atomic mass is 10.1. The molecule has 2 aromatic carbocycles. The zero-order valence-electron chi connectivity index (χ0n) is 18.4. The van der Waals surface area contributed by atoms with Crippen LogP contribution in [0.4, 0.5) is 5.69 Å². The highest BCUT2D eigenvalue weighted by Gasteiger charge is 2.27. The monoisotopic (exact) mass is 490 g/mol. The van der Waals surface area contributed by atoms with Crippen molar-refractivity contribution in [3.8, 4) is 0 Å². The van der Waals surface area contributed by atoms with E-state index in [1.165, 1.54) is 12.1 Å². The van der Waals surface area contributed by atoms with E-state index >= 15 is 0 Å². The van der Waals surface area contributed by atoms with E-state index in [-0.39, 0.29) is 16.7 Å². The van der Waals surface area contributed by atoms with Crippen LogP contribution in [-0.4, -0.2) is 68.8 Å². The normalized spacial score (nSPS) is 17.0. The molecule has 2 amide bonds. The Kier molecular flexibility index (Phi) is 6.92. The molecule has 2 aliphatic rings. The number of rotatable bonds is 7. The summed E-state index contributed by atoms with van der Waals surface area (Å²) in [5.74, 6) is -0.200. The molecule has 2 aromatic rings. The van der Waals surface area contributed by atoms with E-state index in [4.69, 9.17) is 11.6 Å². The number of piperazine rings is 1. The van der Waals surface area contributed by atoms with Gasteiger partial charge in [-0.25, -0.2) is 8.42 Å². The Morgan fingerprint density at radius 1 is 1.06 bits per heavy atom. The van der Waals surface area contributed by atoms with Gasteiger partial charge in [-0.15, -0.1) is 0 Å². The van der Waals surface area contributed by atoms with Gasteiger partial charge in [0.25, 0.3) is 15.9 Å². The second kappa shape index (κ2) is 9.70. The number of aryl methyl sites for hydroxylation is 1. The van der Waals surface area contributed by atoms with Gasteiger partial charge in [-0.05, 0) is 55.7 Å². The fraction of sp³-hybridized carbons (Fsp3) is 0.391. The highest BCUT2D eigenvalue weighted by molar-refractivity contribution is 7.92. The Morgan fingerprint density at radius 2 is 1.79 bits per heavy atom. The Bertz CT molecular complexity index is 1160. The van der Waals surface area contributed by atoms with Crippen molar-refractivity contribution in [1.29, 1.82) is 0 Å². The minimum atomic E-state index is -3.91. The van der Waals surface area contributed by atoms with Crippen molar-refractivity contribution in [2.24, 2.45) is 0 Å². The first-order valence-corrected chi connectivity index (χ1v) is 12.8. The number of carbonyl (C=O) groups is 2. The molecule has 0 spiro atoms. The molecule has 33 heavy (non-hydrogen) atoms. The van der Waals surface area contributed by atoms with Gasteiger partial charge in [0.1, 0.15) is 0 Å². The zero-order valence-corrected chi connectivity index (χ0v) is 20.0. The van der Waals surface area contributed by atoms with Gasteiger partial charge in [-0.1, -0.05) is 23.7 Å². The van der Waals surface area contributed by atoms with Crippen molar-refractivity contribution in [2.75, 3.05) is 37.4 Å². The summed E-state index contributed by atoms with van der Waals surface area (Å²) in [4.78, 5) is 28.8. The molecule has 1 heterocycles. The van der Waals surface area contributed by atoms with E-state index in [9.17, 15) is 18.0 Å². The van der Waals surface area contributed by atoms with Gasteiger partial charge in [-0.3, -0.25) is 19.2 Å². The number of hydrogen-bond acceptors (Lipinski definition) is 5. The molecular weight excluding hydrogens is 464 g/mol. The van der Waals surface area contributed by atoms with Crippen LogP contribution in [0, 0.1) is 6.92 Å². The van der Waals surface area contributed by atoms with Crippen LogP contribution in [0.15, 0.2) is 47.4 Å². The van der Waals surface area contributed by atoms with E-state index in [1.807, 2.05) is 4.90 Å². The Balaban J connectivity index is 1.41.